The van der Waals surface area contributed by atoms with E-state index in [2.05, 4.69) is 32.2 Å². The highest BCUT2D eigenvalue weighted by atomic mass is 35.5. The second-order valence-electron chi connectivity index (χ2n) is 12.6. The monoisotopic (exact) mass is 655 g/mol. The maximum Gasteiger partial charge on any atom is 0.419 e. The van der Waals surface area contributed by atoms with E-state index in [1.165, 1.54) is 11.1 Å². The van der Waals surface area contributed by atoms with E-state index in [-0.39, 0.29) is 23.9 Å². The van der Waals surface area contributed by atoms with E-state index in [9.17, 15) is 13.8 Å². The molecule has 1 unspecified atom stereocenters. The van der Waals surface area contributed by atoms with Crippen molar-refractivity contribution in [2.24, 2.45) is 16.2 Å². The lowest BCUT2D eigenvalue weighted by Gasteiger charge is -2.46. The number of carbonyl (C=O) groups excluding carboxylic acids is 2. The van der Waals surface area contributed by atoms with E-state index in [1.54, 1.807) is 20.1 Å². The summed E-state index contributed by atoms with van der Waals surface area (Å²) in [7, 11) is -1.68. The second-order valence-corrected chi connectivity index (χ2v) is 15.1. The molecule has 4 aliphatic rings. The van der Waals surface area contributed by atoms with Crippen LogP contribution in [0.1, 0.15) is 66.9 Å². The number of methoxy groups -OCH3 is 1. The third kappa shape index (κ3) is 6.74. The summed E-state index contributed by atoms with van der Waals surface area (Å²) in [4.78, 5) is 28.3. The Balaban J connectivity index is 1.43. The molecule has 1 spiro atoms. The number of anilines is 1. The molecule has 6 rings (SSSR count). The molecule has 1 saturated carbocycles. The molecule has 2 aromatic rings. The van der Waals surface area contributed by atoms with Crippen molar-refractivity contribution in [3.8, 4) is 5.75 Å². The fraction of sp³-hybridized carbons (Fsp3) is 0.529. The summed E-state index contributed by atoms with van der Waals surface area (Å²) in [5.41, 5.74) is 3.41. The Bertz CT molecular complexity index is 1600. The SMILES string of the molecule is CCOC(=O)NS1(=O)=NC(=O)c2ccc3c(c2)N(C[C@@H]2CC[C@H]2[C@@H](OC)/C=C\CCC1)C[C@@]1(CCCc2cc(Cl)ccc21)CO3. The Kier molecular flexibility index (Phi) is 9.45. The van der Waals surface area contributed by atoms with Gasteiger partial charge in [-0.2, -0.15) is 0 Å². The fourth-order valence-electron chi connectivity index (χ4n) is 7.40. The van der Waals surface area contributed by atoms with Crippen molar-refractivity contribution < 1.29 is 28.0 Å². The zero-order valence-electron chi connectivity index (χ0n) is 26.0. The van der Waals surface area contributed by atoms with Crippen molar-refractivity contribution in [3.05, 3.63) is 70.3 Å². The molecular formula is C34H42ClN3O6S. The molecule has 2 aliphatic carbocycles. The highest BCUT2D eigenvalue weighted by Crippen LogP contribution is 2.47. The van der Waals surface area contributed by atoms with Gasteiger partial charge in [0.15, 0.2) is 0 Å². The Labute approximate surface area is 270 Å². The number of nitrogens with zero attached hydrogens (tertiary/aromatic N) is 2. The van der Waals surface area contributed by atoms with Gasteiger partial charge in [-0.3, -0.25) is 4.79 Å². The summed E-state index contributed by atoms with van der Waals surface area (Å²) in [6.45, 7) is 3.79. The van der Waals surface area contributed by atoms with E-state index in [1.807, 2.05) is 24.3 Å². The van der Waals surface area contributed by atoms with Gasteiger partial charge in [0.2, 0.25) is 0 Å². The number of aryl methyl sites for hydroxylation is 1. The minimum atomic E-state index is -3.44. The average molecular weight is 656 g/mol. The minimum Gasteiger partial charge on any atom is -0.490 e. The van der Waals surface area contributed by atoms with Crippen LogP contribution in [0.4, 0.5) is 10.5 Å². The summed E-state index contributed by atoms with van der Waals surface area (Å²) in [6, 6.07) is 11.5. The molecular weight excluding hydrogens is 614 g/mol. The van der Waals surface area contributed by atoms with Gasteiger partial charge in [-0.1, -0.05) is 29.8 Å². The largest absolute Gasteiger partial charge is 0.490 e. The van der Waals surface area contributed by atoms with E-state index in [0.29, 0.717) is 42.6 Å². The standard InChI is InChI=1S/C34H42ClN3O6S/c1-3-43-33(40)37-45(41)17-6-4-5-9-30(42-2)27-13-10-25(27)20-38-21-34(16-7-8-23-18-26(35)12-14-28(23)34)22-44-31-15-11-24(19-29(31)38)32(39)36-45/h5,9,11-12,14-15,18-19,25,27,30H,3-4,6-8,10,13,16-17,20-22H2,1-2H3,(H,36,37,39,40,41)/b9-5-/t25-,27+,30-,34-,45?/m0/s1. The predicted octanol–water partition coefficient (Wildman–Crippen LogP) is 6.47. The first-order valence-corrected chi connectivity index (χ1v) is 18.0. The van der Waals surface area contributed by atoms with Crippen LogP contribution in [0.3, 0.4) is 0 Å². The first-order chi connectivity index (χ1) is 21.7. The van der Waals surface area contributed by atoms with Crippen LogP contribution in [-0.2, 0) is 31.2 Å². The van der Waals surface area contributed by atoms with Crippen LogP contribution in [0.25, 0.3) is 0 Å². The van der Waals surface area contributed by atoms with Gasteiger partial charge in [0.1, 0.15) is 15.7 Å². The first kappa shape index (κ1) is 31.9. The second kappa shape index (κ2) is 13.3. The normalized spacial score (nSPS) is 30.4. The molecule has 11 heteroatoms. The van der Waals surface area contributed by atoms with Crippen molar-refractivity contribution in [2.75, 3.05) is 44.1 Å². The van der Waals surface area contributed by atoms with Crippen LogP contribution in [0, 0.1) is 11.8 Å². The quantitative estimate of drug-likeness (QED) is 0.378. The summed E-state index contributed by atoms with van der Waals surface area (Å²) in [6.07, 6.45) is 9.49. The van der Waals surface area contributed by atoms with Crippen LogP contribution in [0.5, 0.6) is 5.75 Å². The molecule has 0 radical (unpaired) electrons. The zero-order valence-corrected chi connectivity index (χ0v) is 27.5. The minimum absolute atomic E-state index is 0.0116. The Morgan fingerprint density at radius 3 is 2.87 bits per heavy atom. The topological polar surface area (TPSA) is 107 Å². The van der Waals surface area contributed by atoms with Crippen molar-refractivity contribution in [2.45, 2.75) is 63.4 Å². The maximum atomic E-state index is 13.8. The molecule has 1 N–H and O–H groups in total. The lowest BCUT2D eigenvalue weighted by molar-refractivity contribution is 0.0132. The number of benzene rings is 2. The Morgan fingerprint density at radius 2 is 2.09 bits per heavy atom. The third-order valence-corrected chi connectivity index (χ3v) is 11.8. The number of fused-ring (bicyclic) bond motifs is 4. The Hall–Kier alpha value is -3.08. The van der Waals surface area contributed by atoms with Crippen LogP contribution >= 0.6 is 11.6 Å². The highest BCUT2D eigenvalue weighted by Gasteiger charge is 2.44. The molecule has 0 saturated heterocycles. The van der Waals surface area contributed by atoms with E-state index in [4.69, 9.17) is 25.8 Å². The number of allylic oxidation sites excluding steroid dienone is 1. The number of ether oxygens (including phenoxy) is 3. The number of carbonyl (C=O) groups is 2. The number of hydrogen-bond acceptors (Lipinski definition) is 7. The maximum absolute atomic E-state index is 13.8. The van der Waals surface area contributed by atoms with Crippen molar-refractivity contribution in [3.63, 3.8) is 0 Å². The molecule has 2 bridgehead atoms. The smallest absolute Gasteiger partial charge is 0.419 e. The van der Waals surface area contributed by atoms with E-state index >= 15 is 0 Å². The zero-order chi connectivity index (χ0) is 31.6. The number of rotatable bonds is 3. The van der Waals surface area contributed by atoms with Gasteiger partial charge in [0.25, 0.3) is 5.91 Å². The van der Waals surface area contributed by atoms with Crippen LogP contribution < -0.4 is 14.4 Å². The molecule has 9 nitrogen and oxygen atoms in total. The van der Waals surface area contributed by atoms with Crippen molar-refractivity contribution >= 4 is 39.2 Å². The van der Waals surface area contributed by atoms with E-state index in [0.717, 1.165) is 55.9 Å². The lowest BCUT2D eigenvalue weighted by atomic mass is 9.68. The predicted molar refractivity (Wildman–Crippen MR) is 176 cm³/mol. The number of hydrogen-bond donors (Lipinski definition) is 1. The van der Waals surface area contributed by atoms with Gasteiger partial charge in [-0.15, -0.1) is 4.36 Å². The molecule has 2 aliphatic heterocycles. The van der Waals surface area contributed by atoms with Crippen molar-refractivity contribution in [1.82, 2.24) is 4.72 Å². The van der Waals surface area contributed by atoms with Crippen LogP contribution in [0.15, 0.2) is 52.9 Å². The number of amides is 2. The molecule has 2 amide bonds. The van der Waals surface area contributed by atoms with E-state index < -0.39 is 21.9 Å². The van der Waals surface area contributed by atoms with Crippen molar-refractivity contribution in [1.29, 1.82) is 0 Å². The fourth-order valence-corrected chi connectivity index (χ4v) is 9.09. The highest BCUT2D eigenvalue weighted by molar-refractivity contribution is 7.92. The third-order valence-electron chi connectivity index (χ3n) is 9.78. The molecule has 5 atom stereocenters. The summed E-state index contributed by atoms with van der Waals surface area (Å²) in [5.74, 6) is 0.822. The molecule has 0 aromatic heterocycles. The molecule has 45 heavy (non-hydrogen) atoms. The van der Waals surface area contributed by atoms with Crippen LogP contribution in [-0.4, -0.2) is 61.5 Å². The van der Waals surface area contributed by atoms with Gasteiger partial charge >= 0.3 is 6.09 Å². The van der Waals surface area contributed by atoms with Gasteiger partial charge in [-0.05, 0) is 105 Å². The van der Waals surface area contributed by atoms with Crippen LogP contribution in [0.2, 0.25) is 5.02 Å². The number of halogens is 1. The summed E-state index contributed by atoms with van der Waals surface area (Å²) in [5, 5.41) is 0.741. The van der Waals surface area contributed by atoms with Gasteiger partial charge in [0.05, 0.1) is 30.8 Å². The average Bonchev–Trinajstić information content (AvgIpc) is 3.14. The molecule has 242 valence electrons. The number of nitrogens with one attached hydrogen (secondary N) is 1. The molecule has 2 heterocycles. The Morgan fingerprint density at radius 1 is 1.22 bits per heavy atom. The molecule has 2 aromatic carbocycles. The van der Waals surface area contributed by atoms with Gasteiger partial charge in [-0.25, -0.2) is 13.7 Å². The lowest BCUT2D eigenvalue weighted by Crippen LogP contribution is -2.49. The van der Waals surface area contributed by atoms with Gasteiger partial charge in [0, 0.05) is 36.2 Å². The molecule has 1 fully saturated rings. The van der Waals surface area contributed by atoms with Gasteiger partial charge < -0.3 is 19.1 Å². The summed E-state index contributed by atoms with van der Waals surface area (Å²) >= 11 is 6.42. The summed E-state index contributed by atoms with van der Waals surface area (Å²) < 4.78 is 37.8. The first-order valence-electron chi connectivity index (χ1n) is 16.0.